The molecule has 0 bridgehead atoms. The molecular formula is C8H11IO2. The molecule has 0 spiro atoms. The molecule has 2 N–H and O–H groups in total. The van der Waals surface area contributed by atoms with Gasteiger partial charge in [-0.3, -0.25) is 0 Å². The highest BCUT2D eigenvalue weighted by Gasteiger charge is 2.17. The van der Waals surface area contributed by atoms with E-state index in [2.05, 4.69) is 22.6 Å². The molecule has 0 saturated heterocycles. The number of halogens is 1. The molecule has 1 atom stereocenters. The lowest BCUT2D eigenvalue weighted by Crippen LogP contribution is -2.14. The Morgan fingerprint density at radius 1 is 1.36 bits per heavy atom. The number of rotatable bonds is 0. The second-order valence-corrected chi connectivity index (χ2v) is 3.42. The molecule has 2 nitrogen and oxygen atoms in total. The minimum atomic E-state index is -0.303. The molecule has 0 unspecified atom stereocenters. The Morgan fingerprint density at radius 3 is 2.55 bits per heavy atom. The van der Waals surface area contributed by atoms with Gasteiger partial charge in [0.15, 0.2) is 0 Å². The van der Waals surface area contributed by atoms with Gasteiger partial charge in [-0.25, -0.2) is 0 Å². The van der Waals surface area contributed by atoms with Crippen molar-refractivity contribution in [1.82, 2.24) is 0 Å². The van der Waals surface area contributed by atoms with Crippen LogP contribution in [0.25, 0.3) is 0 Å². The summed E-state index contributed by atoms with van der Waals surface area (Å²) in [6.07, 6.45) is 2.99. The Balaban J connectivity index is 2.65. The molecule has 0 radical (unpaired) electrons. The normalized spacial score (nSPS) is 33.1. The van der Waals surface area contributed by atoms with Crippen LogP contribution in [0.4, 0.5) is 0 Å². The third-order valence-corrected chi connectivity index (χ3v) is 2.67. The van der Waals surface area contributed by atoms with E-state index in [0.29, 0.717) is 6.42 Å². The lowest BCUT2D eigenvalue weighted by molar-refractivity contribution is 0.165. The SMILES string of the molecule is OC=C1C/C(=C/I)C[C@@H](O)C1. The lowest BCUT2D eigenvalue weighted by atomic mass is 9.90. The molecule has 1 saturated carbocycles. The smallest absolute Gasteiger partial charge is 0.0787 e. The molecule has 3 heteroatoms. The molecule has 0 heterocycles. The van der Waals surface area contributed by atoms with Gasteiger partial charge in [-0.15, -0.1) is 0 Å². The molecule has 0 amide bonds. The van der Waals surface area contributed by atoms with Crippen LogP contribution < -0.4 is 0 Å². The molecule has 1 aliphatic rings. The van der Waals surface area contributed by atoms with Crippen LogP contribution in [0.3, 0.4) is 0 Å². The molecule has 1 rings (SSSR count). The minimum Gasteiger partial charge on any atom is -0.516 e. The van der Waals surface area contributed by atoms with Crippen LogP contribution in [0.15, 0.2) is 21.5 Å². The summed E-state index contributed by atoms with van der Waals surface area (Å²) < 4.78 is 1.98. The van der Waals surface area contributed by atoms with Crippen LogP contribution >= 0.6 is 22.6 Å². The van der Waals surface area contributed by atoms with Gasteiger partial charge in [0.05, 0.1) is 12.4 Å². The summed E-state index contributed by atoms with van der Waals surface area (Å²) in [5.41, 5.74) is 2.12. The Hall–Kier alpha value is -0.0300. The van der Waals surface area contributed by atoms with E-state index in [0.717, 1.165) is 24.7 Å². The predicted octanol–water partition coefficient (Wildman–Crippen LogP) is 2.29. The molecule has 1 aliphatic carbocycles. The first-order chi connectivity index (χ1) is 5.26. The lowest BCUT2D eigenvalue weighted by Gasteiger charge is -2.21. The molecule has 1 fully saturated rings. The Morgan fingerprint density at radius 2 is 2.00 bits per heavy atom. The summed E-state index contributed by atoms with van der Waals surface area (Å²) in [4.78, 5) is 0. The van der Waals surface area contributed by atoms with Gasteiger partial charge in [0.1, 0.15) is 0 Å². The molecule has 0 aromatic heterocycles. The number of aliphatic hydroxyl groups excluding tert-OH is 2. The zero-order valence-electron chi connectivity index (χ0n) is 6.13. The fraction of sp³-hybridized carbons (Fsp3) is 0.500. The Kier molecular flexibility index (Phi) is 3.39. The van der Waals surface area contributed by atoms with Crippen molar-refractivity contribution < 1.29 is 10.2 Å². The van der Waals surface area contributed by atoms with E-state index < -0.39 is 0 Å². The van der Waals surface area contributed by atoms with Gasteiger partial charge in [-0.2, -0.15) is 0 Å². The van der Waals surface area contributed by atoms with Crippen molar-refractivity contribution in [1.29, 1.82) is 0 Å². The second-order valence-electron chi connectivity index (χ2n) is 2.79. The van der Waals surface area contributed by atoms with Crippen molar-refractivity contribution in [3.63, 3.8) is 0 Å². The van der Waals surface area contributed by atoms with E-state index in [4.69, 9.17) is 5.11 Å². The standard InChI is InChI=1S/C8H11IO2/c9-4-6-1-7(5-10)3-8(11)2-6/h4-5,8,10-11H,1-3H2/b6-4-,7-5?/t8-/m1/s1. The van der Waals surface area contributed by atoms with E-state index in [1.165, 1.54) is 5.57 Å². The Bertz CT molecular complexity index is 176. The second kappa shape index (κ2) is 4.11. The molecule has 62 valence electrons. The number of hydrogen-bond acceptors (Lipinski definition) is 2. The first kappa shape index (κ1) is 9.06. The summed E-state index contributed by atoms with van der Waals surface area (Å²) in [7, 11) is 0. The summed E-state index contributed by atoms with van der Waals surface area (Å²) in [6.45, 7) is 0. The van der Waals surface area contributed by atoms with Crippen molar-refractivity contribution >= 4 is 22.6 Å². The molecule has 0 aromatic rings. The van der Waals surface area contributed by atoms with Crippen molar-refractivity contribution in [2.45, 2.75) is 25.4 Å². The summed E-state index contributed by atoms with van der Waals surface area (Å²) >= 11 is 2.16. The van der Waals surface area contributed by atoms with Crippen LogP contribution in [-0.4, -0.2) is 16.3 Å². The van der Waals surface area contributed by atoms with E-state index in [-0.39, 0.29) is 6.10 Å². The number of hydrogen-bond donors (Lipinski definition) is 2. The average Bonchev–Trinajstić information content (AvgIpc) is 2.03. The molecular weight excluding hydrogens is 255 g/mol. The fourth-order valence-corrected chi connectivity index (χ4v) is 1.77. The molecule has 0 aromatic carbocycles. The van der Waals surface area contributed by atoms with Crippen LogP contribution in [-0.2, 0) is 0 Å². The molecule has 11 heavy (non-hydrogen) atoms. The van der Waals surface area contributed by atoms with Crippen LogP contribution in [0, 0.1) is 0 Å². The summed E-state index contributed by atoms with van der Waals surface area (Å²) in [6, 6.07) is 0. The monoisotopic (exact) mass is 266 g/mol. The third kappa shape index (κ3) is 2.48. The van der Waals surface area contributed by atoms with Crippen LogP contribution in [0.1, 0.15) is 19.3 Å². The van der Waals surface area contributed by atoms with E-state index in [1.807, 2.05) is 4.08 Å². The highest BCUT2D eigenvalue weighted by molar-refractivity contribution is 14.1. The van der Waals surface area contributed by atoms with Gasteiger partial charge < -0.3 is 10.2 Å². The first-order valence-corrected chi connectivity index (χ1v) is 4.79. The van der Waals surface area contributed by atoms with Crippen molar-refractivity contribution in [2.24, 2.45) is 0 Å². The highest BCUT2D eigenvalue weighted by Crippen LogP contribution is 2.28. The van der Waals surface area contributed by atoms with Crippen molar-refractivity contribution in [3.05, 3.63) is 21.5 Å². The summed E-state index contributed by atoms with van der Waals surface area (Å²) in [5.74, 6) is 0. The van der Waals surface area contributed by atoms with Crippen molar-refractivity contribution in [3.8, 4) is 0 Å². The van der Waals surface area contributed by atoms with Crippen LogP contribution in [0.2, 0.25) is 0 Å². The minimum absolute atomic E-state index is 0.303. The van der Waals surface area contributed by atoms with Gasteiger partial charge in [0.2, 0.25) is 0 Å². The zero-order valence-corrected chi connectivity index (χ0v) is 8.28. The van der Waals surface area contributed by atoms with Gasteiger partial charge >= 0.3 is 0 Å². The predicted molar refractivity (Wildman–Crippen MR) is 52.7 cm³/mol. The van der Waals surface area contributed by atoms with E-state index in [1.54, 1.807) is 0 Å². The maximum atomic E-state index is 9.32. The highest BCUT2D eigenvalue weighted by atomic mass is 127. The third-order valence-electron chi connectivity index (χ3n) is 1.79. The van der Waals surface area contributed by atoms with Gasteiger partial charge in [-0.05, 0) is 28.9 Å². The van der Waals surface area contributed by atoms with Gasteiger partial charge in [0, 0.05) is 0 Å². The first-order valence-electron chi connectivity index (χ1n) is 3.54. The van der Waals surface area contributed by atoms with Crippen molar-refractivity contribution in [2.75, 3.05) is 0 Å². The van der Waals surface area contributed by atoms with E-state index >= 15 is 0 Å². The maximum Gasteiger partial charge on any atom is 0.0787 e. The van der Waals surface area contributed by atoms with E-state index in [9.17, 15) is 5.11 Å². The zero-order chi connectivity index (χ0) is 8.27. The van der Waals surface area contributed by atoms with Gasteiger partial charge in [0.25, 0.3) is 0 Å². The quantitative estimate of drug-likeness (QED) is 0.521. The Labute approximate surface area is 79.8 Å². The maximum absolute atomic E-state index is 9.32. The van der Waals surface area contributed by atoms with Gasteiger partial charge in [-0.1, -0.05) is 28.2 Å². The van der Waals surface area contributed by atoms with Crippen LogP contribution in [0.5, 0.6) is 0 Å². The number of aliphatic hydroxyl groups is 2. The summed E-state index contributed by atoms with van der Waals surface area (Å²) in [5, 5.41) is 18.0. The average molecular weight is 266 g/mol. The molecule has 0 aliphatic heterocycles. The topological polar surface area (TPSA) is 40.5 Å². The largest absolute Gasteiger partial charge is 0.516 e. The fourth-order valence-electron chi connectivity index (χ4n) is 1.29.